The molecule has 0 saturated heterocycles. The van der Waals surface area contributed by atoms with E-state index in [1.807, 2.05) is 34.6 Å². The molecule has 0 aliphatic carbocycles. The van der Waals surface area contributed by atoms with Crippen molar-refractivity contribution >= 4 is 11.7 Å². The van der Waals surface area contributed by atoms with Crippen LogP contribution in [0.15, 0.2) is 17.2 Å². The predicted molar refractivity (Wildman–Crippen MR) is 79.8 cm³/mol. The van der Waals surface area contributed by atoms with Crippen LogP contribution < -0.4 is 16.2 Å². The van der Waals surface area contributed by atoms with E-state index < -0.39 is 5.41 Å². The molecule has 1 rings (SSSR count). The van der Waals surface area contributed by atoms with E-state index in [0.29, 0.717) is 6.54 Å². The lowest BCUT2D eigenvalue weighted by Gasteiger charge is -2.25. The van der Waals surface area contributed by atoms with Crippen molar-refractivity contribution in [1.82, 2.24) is 14.9 Å². The van der Waals surface area contributed by atoms with Gasteiger partial charge in [-0.25, -0.2) is 4.98 Å². The van der Waals surface area contributed by atoms with Crippen LogP contribution in [-0.4, -0.2) is 29.1 Å². The SMILES string of the molecule is CNC(=O)C(C)(C)CNc1nccn(C(C)(C)C)c1=O. The van der Waals surface area contributed by atoms with Gasteiger partial charge in [0.05, 0.1) is 5.41 Å². The van der Waals surface area contributed by atoms with E-state index in [-0.39, 0.29) is 22.8 Å². The van der Waals surface area contributed by atoms with Crippen LogP contribution in [0.5, 0.6) is 0 Å². The monoisotopic (exact) mass is 280 g/mol. The largest absolute Gasteiger partial charge is 0.364 e. The Morgan fingerprint density at radius 3 is 2.40 bits per heavy atom. The summed E-state index contributed by atoms with van der Waals surface area (Å²) in [5, 5.41) is 5.58. The molecule has 1 aromatic rings. The van der Waals surface area contributed by atoms with Gasteiger partial charge in [0.1, 0.15) is 0 Å². The molecule has 1 amide bonds. The molecule has 0 saturated carbocycles. The summed E-state index contributed by atoms with van der Waals surface area (Å²) in [4.78, 5) is 28.1. The molecular weight excluding hydrogens is 256 g/mol. The van der Waals surface area contributed by atoms with Crippen LogP contribution in [0.4, 0.5) is 5.82 Å². The third kappa shape index (κ3) is 3.59. The highest BCUT2D eigenvalue weighted by molar-refractivity contribution is 5.82. The Hall–Kier alpha value is -1.85. The van der Waals surface area contributed by atoms with Crippen molar-refractivity contribution in [2.45, 2.75) is 40.2 Å². The summed E-state index contributed by atoms with van der Waals surface area (Å²) in [6.45, 7) is 9.81. The summed E-state index contributed by atoms with van der Waals surface area (Å²) >= 11 is 0. The Balaban J connectivity index is 2.96. The fourth-order valence-corrected chi connectivity index (χ4v) is 1.78. The van der Waals surface area contributed by atoms with Crippen LogP contribution in [0.25, 0.3) is 0 Å². The van der Waals surface area contributed by atoms with E-state index in [2.05, 4.69) is 15.6 Å². The van der Waals surface area contributed by atoms with Crippen molar-refractivity contribution in [3.05, 3.63) is 22.7 Å². The second-order valence-corrected chi connectivity index (χ2v) is 6.44. The van der Waals surface area contributed by atoms with Gasteiger partial charge in [-0.1, -0.05) is 0 Å². The van der Waals surface area contributed by atoms with Gasteiger partial charge in [-0.15, -0.1) is 0 Å². The van der Waals surface area contributed by atoms with Crippen molar-refractivity contribution in [1.29, 1.82) is 0 Å². The van der Waals surface area contributed by atoms with Gasteiger partial charge >= 0.3 is 0 Å². The van der Waals surface area contributed by atoms with Gasteiger partial charge in [0.25, 0.3) is 5.56 Å². The molecule has 0 aliphatic heterocycles. The van der Waals surface area contributed by atoms with Gasteiger partial charge in [-0.05, 0) is 34.6 Å². The molecule has 1 aromatic heterocycles. The van der Waals surface area contributed by atoms with Crippen molar-refractivity contribution in [2.24, 2.45) is 5.41 Å². The van der Waals surface area contributed by atoms with Crippen LogP contribution in [0.2, 0.25) is 0 Å². The van der Waals surface area contributed by atoms with Gasteiger partial charge in [-0.3, -0.25) is 9.59 Å². The highest BCUT2D eigenvalue weighted by Gasteiger charge is 2.27. The van der Waals surface area contributed by atoms with Gasteiger partial charge in [0.2, 0.25) is 5.91 Å². The predicted octanol–water partition coefficient (Wildman–Crippen LogP) is 1.18. The first-order chi connectivity index (χ1) is 9.09. The number of aromatic nitrogens is 2. The first-order valence-electron chi connectivity index (χ1n) is 6.64. The third-order valence-corrected chi connectivity index (χ3v) is 3.10. The zero-order chi connectivity index (χ0) is 15.6. The van der Waals surface area contributed by atoms with Crippen molar-refractivity contribution in [3.8, 4) is 0 Å². The molecule has 0 fully saturated rings. The number of carbonyl (C=O) groups excluding carboxylic acids is 1. The average molecular weight is 280 g/mol. The Morgan fingerprint density at radius 1 is 1.30 bits per heavy atom. The first kappa shape index (κ1) is 16.2. The molecule has 0 radical (unpaired) electrons. The standard InChI is InChI=1S/C14H24N4O2/c1-13(2,3)18-8-7-16-10(11(18)19)17-9-14(4,5)12(20)15-6/h7-8H,9H2,1-6H3,(H,15,20)(H,16,17). The normalized spacial score (nSPS) is 12.1. The smallest absolute Gasteiger partial charge is 0.293 e. The summed E-state index contributed by atoms with van der Waals surface area (Å²) < 4.78 is 1.62. The van der Waals surface area contributed by atoms with Crippen LogP contribution in [-0.2, 0) is 10.3 Å². The number of rotatable bonds is 4. The lowest BCUT2D eigenvalue weighted by atomic mass is 9.92. The third-order valence-electron chi connectivity index (χ3n) is 3.10. The summed E-state index contributed by atoms with van der Waals surface area (Å²) in [5.41, 5.74) is -1.12. The number of hydrogen-bond donors (Lipinski definition) is 2. The minimum Gasteiger partial charge on any atom is -0.364 e. The molecule has 20 heavy (non-hydrogen) atoms. The molecule has 0 atom stereocenters. The van der Waals surface area contributed by atoms with E-state index >= 15 is 0 Å². The fraction of sp³-hybridized carbons (Fsp3) is 0.643. The van der Waals surface area contributed by atoms with Gasteiger partial charge < -0.3 is 15.2 Å². The number of nitrogens with zero attached hydrogens (tertiary/aromatic N) is 2. The van der Waals surface area contributed by atoms with Crippen LogP contribution in [0.1, 0.15) is 34.6 Å². The maximum absolute atomic E-state index is 12.3. The molecule has 0 spiro atoms. The molecule has 0 unspecified atom stereocenters. The number of carbonyl (C=O) groups is 1. The van der Waals surface area contributed by atoms with Crippen molar-refractivity contribution in [3.63, 3.8) is 0 Å². The first-order valence-corrected chi connectivity index (χ1v) is 6.64. The second-order valence-electron chi connectivity index (χ2n) is 6.44. The second kappa shape index (κ2) is 5.64. The van der Waals surface area contributed by atoms with Gasteiger partial charge in [0.15, 0.2) is 5.82 Å². The molecule has 112 valence electrons. The zero-order valence-corrected chi connectivity index (χ0v) is 13.1. The Labute approximate surface area is 119 Å². The fourth-order valence-electron chi connectivity index (χ4n) is 1.78. The number of nitrogens with one attached hydrogen (secondary N) is 2. The summed E-state index contributed by atoms with van der Waals surface area (Å²) in [6, 6.07) is 0. The summed E-state index contributed by atoms with van der Waals surface area (Å²) in [5.74, 6) is 0.177. The Bertz CT molecular complexity index is 541. The zero-order valence-electron chi connectivity index (χ0n) is 13.1. The van der Waals surface area contributed by atoms with E-state index in [1.54, 1.807) is 24.0 Å². The summed E-state index contributed by atoms with van der Waals surface area (Å²) in [6.07, 6.45) is 3.25. The topological polar surface area (TPSA) is 76.0 Å². The van der Waals surface area contributed by atoms with Crippen LogP contribution in [0.3, 0.4) is 0 Å². The minimum atomic E-state index is -0.620. The number of hydrogen-bond acceptors (Lipinski definition) is 4. The van der Waals surface area contributed by atoms with Crippen LogP contribution >= 0.6 is 0 Å². The van der Waals surface area contributed by atoms with E-state index in [9.17, 15) is 9.59 Å². The Kier molecular flexibility index (Phi) is 4.57. The molecule has 0 aromatic carbocycles. The van der Waals surface area contributed by atoms with E-state index in [4.69, 9.17) is 0 Å². The van der Waals surface area contributed by atoms with Gasteiger partial charge in [0, 0.05) is 31.5 Å². The summed E-state index contributed by atoms with van der Waals surface area (Å²) in [7, 11) is 1.59. The van der Waals surface area contributed by atoms with Crippen molar-refractivity contribution < 1.29 is 4.79 Å². The highest BCUT2D eigenvalue weighted by atomic mass is 16.2. The average Bonchev–Trinajstić information content (AvgIpc) is 2.35. The van der Waals surface area contributed by atoms with Gasteiger partial charge in [-0.2, -0.15) is 0 Å². The molecule has 6 nitrogen and oxygen atoms in total. The molecular formula is C14H24N4O2. The molecule has 2 N–H and O–H groups in total. The van der Waals surface area contributed by atoms with Crippen LogP contribution in [0, 0.1) is 5.41 Å². The lowest BCUT2D eigenvalue weighted by molar-refractivity contribution is -0.128. The highest BCUT2D eigenvalue weighted by Crippen LogP contribution is 2.16. The maximum atomic E-state index is 12.3. The quantitative estimate of drug-likeness (QED) is 0.868. The minimum absolute atomic E-state index is 0.0860. The number of anilines is 1. The van der Waals surface area contributed by atoms with E-state index in [1.165, 1.54) is 0 Å². The maximum Gasteiger partial charge on any atom is 0.293 e. The Morgan fingerprint density at radius 2 is 1.90 bits per heavy atom. The molecule has 0 bridgehead atoms. The van der Waals surface area contributed by atoms with E-state index in [0.717, 1.165) is 0 Å². The van der Waals surface area contributed by atoms with Crippen molar-refractivity contribution in [2.75, 3.05) is 18.9 Å². The molecule has 6 heteroatoms. The lowest BCUT2D eigenvalue weighted by Crippen LogP contribution is -2.41. The number of amides is 1. The molecule has 0 aliphatic rings. The molecule has 1 heterocycles.